The Morgan fingerprint density at radius 2 is 1.79 bits per heavy atom. The van der Waals surface area contributed by atoms with E-state index in [-0.39, 0.29) is 12.3 Å². The van der Waals surface area contributed by atoms with E-state index in [4.69, 9.17) is 4.74 Å². The summed E-state index contributed by atoms with van der Waals surface area (Å²) in [4.78, 5) is 18.7. The third-order valence-corrected chi connectivity index (χ3v) is 5.92. The van der Waals surface area contributed by atoms with Gasteiger partial charge in [-0.3, -0.25) is 19.4 Å². The molecule has 1 amide bonds. The minimum atomic E-state index is -5.67. The highest BCUT2D eigenvalue weighted by atomic mass is 19.4. The normalized spacial score (nSPS) is 15.2. The highest BCUT2D eigenvalue weighted by Crippen LogP contribution is 2.37. The van der Waals surface area contributed by atoms with E-state index in [9.17, 15) is 26.7 Å². The smallest absolute Gasteiger partial charge is 0.379 e. The first-order valence-electron chi connectivity index (χ1n) is 11.9. The summed E-state index contributed by atoms with van der Waals surface area (Å²) in [5.74, 6) is -5.15. The van der Waals surface area contributed by atoms with Crippen LogP contribution < -0.4 is 5.32 Å². The lowest BCUT2D eigenvalue weighted by Gasteiger charge is -2.26. The molecule has 1 aliphatic rings. The van der Waals surface area contributed by atoms with Crippen molar-refractivity contribution in [2.75, 3.05) is 31.6 Å². The zero-order valence-corrected chi connectivity index (χ0v) is 20.3. The molecule has 2 aromatic heterocycles. The second kappa shape index (κ2) is 11.8. The number of alkyl halides is 5. The number of pyridine rings is 1. The number of aromatic nitrogens is 3. The standard InChI is InChI=1S/C26H26F5N5O2/c27-25(28,26(29,30)31)18-36-17-21(15-33-36)23-8-9-32-14-20(23)2-1-3-24(37)34-22-6-4-19(5-7-22)16-35-10-12-38-13-11-35/h1-2,4-9,14-15,17H,3,10-13,16,18H2,(H,34,37)/b2-1+. The third kappa shape index (κ3) is 7.23. The van der Waals surface area contributed by atoms with Gasteiger partial charge in [0.1, 0.15) is 6.54 Å². The number of halogens is 5. The first kappa shape index (κ1) is 27.4. The van der Waals surface area contributed by atoms with Gasteiger partial charge in [-0.1, -0.05) is 24.3 Å². The van der Waals surface area contributed by atoms with Gasteiger partial charge >= 0.3 is 12.1 Å². The molecule has 1 aromatic carbocycles. The number of hydrogen-bond donors (Lipinski definition) is 1. The molecule has 0 atom stereocenters. The highest BCUT2D eigenvalue weighted by Gasteiger charge is 2.57. The molecule has 0 saturated carbocycles. The molecule has 0 unspecified atom stereocenters. The summed E-state index contributed by atoms with van der Waals surface area (Å²) in [6.45, 7) is 2.43. The number of hydrogen-bond acceptors (Lipinski definition) is 5. The number of amides is 1. The minimum Gasteiger partial charge on any atom is -0.379 e. The summed E-state index contributed by atoms with van der Waals surface area (Å²) >= 11 is 0. The molecular formula is C26H26F5N5O2. The van der Waals surface area contributed by atoms with E-state index in [2.05, 4.69) is 20.3 Å². The second-order valence-electron chi connectivity index (χ2n) is 8.83. The maximum Gasteiger partial charge on any atom is 0.455 e. The molecule has 4 rings (SSSR count). The largest absolute Gasteiger partial charge is 0.455 e. The molecule has 3 aromatic rings. The first-order valence-corrected chi connectivity index (χ1v) is 11.9. The summed E-state index contributed by atoms with van der Waals surface area (Å²) in [5.41, 5.74) is 3.22. The number of nitrogens with one attached hydrogen (secondary N) is 1. The summed E-state index contributed by atoms with van der Waals surface area (Å²) in [5, 5.41) is 6.47. The Morgan fingerprint density at radius 3 is 2.50 bits per heavy atom. The van der Waals surface area contributed by atoms with Crippen molar-refractivity contribution < 1.29 is 31.5 Å². The number of morpholine rings is 1. The average Bonchev–Trinajstić information content (AvgIpc) is 3.33. The van der Waals surface area contributed by atoms with Crippen LogP contribution in [0.3, 0.4) is 0 Å². The summed E-state index contributed by atoms with van der Waals surface area (Å²) in [7, 11) is 0. The molecule has 0 bridgehead atoms. The molecule has 7 nitrogen and oxygen atoms in total. The van der Waals surface area contributed by atoms with E-state index < -0.39 is 18.6 Å². The Morgan fingerprint density at radius 1 is 1.05 bits per heavy atom. The van der Waals surface area contributed by atoms with Gasteiger partial charge in [-0.15, -0.1) is 0 Å². The molecule has 1 fully saturated rings. The van der Waals surface area contributed by atoms with Gasteiger partial charge in [-0.2, -0.15) is 27.1 Å². The van der Waals surface area contributed by atoms with Crippen LogP contribution in [0.15, 0.2) is 61.2 Å². The fourth-order valence-corrected chi connectivity index (χ4v) is 3.90. The van der Waals surface area contributed by atoms with Crippen molar-refractivity contribution in [3.63, 3.8) is 0 Å². The van der Waals surface area contributed by atoms with E-state index in [0.29, 0.717) is 27.1 Å². The van der Waals surface area contributed by atoms with Crippen LogP contribution in [0.2, 0.25) is 0 Å². The Bertz CT molecular complexity index is 1250. The summed E-state index contributed by atoms with van der Waals surface area (Å²) in [6.07, 6.45) is 2.91. The Balaban J connectivity index is 1.33. The van der Waals surface area contributed by atoms with Gasteiger partial charge in [0.05, 0.1) is 19.4 Å². The third-order valence-electron chi connectivity index (χ3n) is 5.92. The first-order chi connectivity index (χ1) is 18.1. The van der Waals surface area contributed by atoms with Gasteiger partial charge in [-0.05, 0) is 29.3 Å². The van der Waals surface area contributed by atoms with Crippen molar-refractivity contribution in [3.8, 4) is 11.1 Å². The molecular weight excluding hydrogens is 509 g/mol. The predicted octanol–water partition coefficient (Wildman–Crippen LogP) is 5.02. The number of ether oxygens (including phenoxy) is 1. The lowest BCUT2D eigenvalue weighted by atomic mass is 10.0. The summed E-state index contributed by atoms with van der Waals surface area (Å²) < 4.78 is 70.2. The molecule has 1 saturated heterocycles. The van der Waals surface area contributed by atoms with Crippen LogP contribution in [0.1, 0.15) is 17.5 Å². The number of nitrogens with zero attached hydrogens (tertiary/aromatic N) is 4. The van der Waals surface area contributed by atoms with Gasteiger partial charge in [0.15, 0.2) is 0 Å². The SMILES string of the molecule is O=C(C/C=C/c1cnccc1-c1cnn(CC(F)(F)C(F)(F)F)c1)Nc1ccc(CN2CCOCC2)cc1. The van der Waals surface area contributed by atoms with Gasteiger partial charge in [0.25, 0.3) is 0 Å². The monoisotopic (exact) mass is 535 g/mol. The fourth-order valence-electron chi connectivity index (χ4n) is 3.90. The van der Waals surface area contributed by atoms with Crippen LogP contribution in [-0.4, -0.2) is 64.0 Å². The van der Waals surface area contributed by atoms with Crippen molar-refractivity contribution in [2.24, 2.45) is 0 Å². The molecule has 0 radical (unpaired) electrons. The van der Waals surface area contributed by atoms with Crippen molar-refractivity contribution in [2.45, 2.75) is 31.6 Å². The molecule has 12 heteroatoms. The van der Waals surface area contributed by atoms with Crippen LogP contribution in [-0.2, 0) is 22.6 Å². The van der Waals surface area contributed by atoms with Crippen molar-refractivity contribution in [1.29, 1.82) is 0 Å². The van der Waals surface area contributed by atoms with Crippen molar-refractivity contribution in [3.05, 3.63) is 72.3 Å². The lowest BCUT2D eigenvalue weighted by molar-refractivity contribution is -0.287. The number of carbonyl (C=O) groups excluding carboxylic acids is 1. The molecule has 0 aliphatic carbocycles. The Kier molecular flexibility index (Phi) is 8.52. The average molecular weight is 536 g/mol. The second-order valence-corrected chi connectivity index (χ2v) is 8.83. The van der Waals surface area contributed by atoms with Crippen molar-refractivity contribution >= 4 is 17.7 Å². The summed E-state index contributed by atoms with van der Waals surface area (Å²) in [6, 6.07) is 9.20. The lowest BCUT2D eigenvalue weighted by Crippen LogP contribution is -2.40. The molecule has 0 spiro atoms. The maximum atomic E-state index is 13.4. The van der Waals surface area contributed by atoms with Crippen LogP contribution in [0.4, 0.5) is 27.6 Å². The van der Waals surface area contributed by atoms with E-state index in [1.54, 1.807) is 18.2 Å². The maximum absolute atomic E-state index is 13.4. The number of carbonyl (C=O) groups is 1. The van der Waals surface area contributed by atoms with Gasteiger partial charge in [0.2, 0.25) is 5.91 Å². The van der Waals surface area contributed by atoms with Gasteiger partial charge in [-0.25, -0.2) is 0 Å². The molecule has 38 heavy (non-hydrogen) atoms. The van der Waals surface area contributed by atoms with E-state index in [1.807, 2.05) is 24.3 Å². The highest BCUT2D eigenvalue weighted by molar-refractivity contribution is 5.92. The zero-order chi connectivity index (χ0) is 27.2. The minimum absolute atomic E-state index is 0.0565. The van der Waals surface area contributed by atoms with E-state index in [0.717, 1.165) is 44.6 Å². The fraction of sp³-hybridized carbons (Fsp3) is 0.346. The van der Waals surface area contributed by atoms with Crippen LogP contribution in [0.5, 0.6) is 0 Å². The molecule has 202 valence electrons. The topological polar surface area (TPSA) is 72.3 Å². The van der Waals surface area contributed by atoms with Crippen LogP contribution >= 0.6 is 0 Å². The predicted molar refractivity (Wildman–Crippen MR) is 131 cm³/mol. The molecule has 3 heterocycles. The molecule has 1 N–H and O–H groups in total. The van der Waals surface area contributed by atoms with Crippen molar-refractivity contribution in [1.82, 2.24) is 19.7 Å². The quantitative estimate of drug-likeness (QED) is 0.390. The van der Waals surface area contributed by atoms with E-state index in [1.165, 1.54) is 18.6 Å². The number of rotatable bonds is 9. The Hall–Kier alpha value is -3.64. The number of benzene rings is 1. The van der Waals surface area contributed by atoms with Crippen LogP contribution in [0.25, 0.3) is 17.2 Å². The van der Waals surface area contributed by atoms with E-state index >= 15 is 0 Å². The molecule has 1 aliphatic heterocycles. The van der Waals surface area contributed by atoms with Gasteiger partial charge < -0.3 is 10.1 Å². The zero-order valence-electron chi connectivity index (χ0n) is 20.3. The Labute approximate surface area is 215 Å². The van der Waals surface area contributed by atoms with Crippen LogP contribution in [0, 0.1) is 0 Å². The number of anilines is 1. The van der Waals surface area contributed by atoms with Gasteiger partial charge in [0, 0.05) is 61.5 Å².